The molecule has 1 aromatic carbocycles. The molecule has 1 unspecified atom stereocenters. The first-order valence-electron chi connectivity index (χ1n) is 6.56. The van der Waals surface area contributed by atoms with E-state index in [1.807, 2.05) is 24.3 Å². The minimum Gasteiger partial charge on any atom is -0.394 e. The van der Waals surface area contributed by atoms with Gasteiger partial charge in [-0.1, -0.05) is 26.0 Å². The maximum absolute atomic E-state index is 12.0. The summed E-state index contributed by atoms with van der Waals surface area (Å²) in [6, 6.07) is 7.46. The third-order valence-electron chi connectivity index (χ3n) is 2.84. The van der Waals surface area contributed by atoms with E-state index in [0.717, 1.165) is 12.2 Å². The Morgan fingerprint density at radius 3 is 2.42 bits per heavy atom. The summed E-state index contributed by atoms with van der Waals surface area (Å²) in [5.74, 6) is 1.28. The second-order valence-electron chi connectivity index (χ2n) is 5.11. The second-order valence-corrected chi connectivity index (χ2v) is 5.98. The minimum atomic E-state index is -0.168. The van der Waals surface area contributed by atoms with Gasteiger partial charge in [-0.05, 0) is 36.3 Å². The molecule has 3 nitrogen and oxygen atoms in total. The summed E-state index contributed by atoms with van der Waals surface area (Å²) >= 11 is 1.76. The van der Waals surface area contributed by atoms with Crippen molar-refractivity contribution in [3.8, 4) is 0 Å². The summed E-state index contributed by atoms with van der Waals surface area (Å²) in [6.45, 7) is 4.13. The van der Waals surface area contributed by atoms with Gasteiger partial charge in [0, 0.05) is 11.3 Å². The zero-order chi connectivity index (χ0) is 14.3. The summed E-state index contributed by atoms with van der Waals surface area (Å²) in [7, 11) is 0. The Bertz CT molecular complexity index is 390. The predicted octanol–water partition coefficient (Wildman–Crippen LogP) is 2.69. The van der Waals surface area contributed by atoms with E-state index in [9.17, 15) is 9.90 Å². The van der Waals surface area contributed by atoms with Crippen LogP contribution >= 0.6 is 11.8 Å². The van der Waals surface area contributed by atoms with Crippen molar-refractivity contribution < 1.29 is 9.90 Å². The van der Waals surface area contributed by atoms with Gasteiger partial charge in [0.1, 0.15) is 0 Å². The minimum absolute atomic E-state index is 0.0194. The van der Waals surface area contributed by atoms with Crippen LogP contribution in [0.15, 0.2) is 24.3 Å². The fraction of sp³-hybridized carbons (Fsp3) is 0.533. The van der Waals surface area contributed by atoms with Crippen LogP contribution in [0.4, 0.5) is 0 Å². The Labute approximate surface area is 119 Å². The Kier molecular flexibility index (Phi) is 6.95. The molecule has 0 aromatic heterocycles. The fourth-order valence-corrected chi connectivity index (χ4v) is 2.46. The molecular formula is C15H23NO2S. The molecule has 0 saturated heterocycles. The SMILES string of the molecule is CSCc1ccc(C(=O)NC(CO)CC(C)C)cc1. The molecule has 0 aliphatic heterocycles. The van der Waals surface area contributed by atoms with E-state index in [-0.39, 0.29) is 18.6 Å². The van der Waals surface area contributed by atoms with Crippen LogP contribution in [0.3, 0.4) is 0 Å². The molecule has 0 radical (unpaired) electrons. The van der Waals surface area contributed by atoms with Crippen LogP contribution in [0, 0.1) is 5.92 Å². The number of amides is 1. The first kappa shape index (κ1) is 16.1. The highest BCUT2D eigenvalue weighted by Gasteiger charge is 2.14. The highest BCUT2D eigenvalue weighted by atomic mass is 32.2. The number of carbonyl (C=O) groups excluding carboxylic acids is 1. The van der Waals surface area contributed by atoms with Crippen LogP contribution in [0.5, 0.6) is 0 Å². The third kappa shape index (κ3) is 5.66. The highest BCUT2D eigenvalue weighted by molar-refractivity contribution is 7.97. The number of hydrogen-bond acceptors (Lipinski definition) is 3. The first-order chi connectivity index (χ1) is 9.06. The zero-order valence-electron chi connectivity index (χ0n) is 11.8. The van der Waals surface area contributed by atoms with Gasteiger partial charge >= 0.3 is 0 Å². The average molecular weight is 281 g/mol. The van der Waals surface area contributed by atoms with E-state index in [4.69, 9.17) is 0 Å². The summed E-state index contributed by atoms with van der Waals surface area (Å²) < 4.78 is 0. The second kappa shape index (κ2) is 8.23. The normalized spacial score (nSPS) is 12.5. The number of aliphatic hydroxyl groups excluding tert-OH is 1. The van der Waals surface area contributed by atoms with Gasteiger partial charge in [-0.3, -0.25) is 4.79 Å². The monoisotopic (exact) mass is 281 g/mol. The van der Waals surface area contributed by atoms with Crippen molar-refractivity contribution in [3.05, 3.63) is 35.4 Å². The van der Waals surface area contributed by atoms with Gasteiger partial charge in [-0.2, -0.15) is 11.8 Å². The maximum atomic E-state index is 12.0. The molecule has 0 saturated carbocycles. The summed E-state index contributed by atoms with van der Waals surface area (Å²) in [4.78, 5) is 12.0. The molecule has 106 valence electrons. The number of hydrogen-bond donors (Lipinski definition) is 2. The van der Waals surface area contributed by atoms with Gasteiger partial charge < -0.3 is 10.4 Å². The molecule has 0 aliphatic carbocycles. The zero-order valence-corrected chi connectivity index (χ0v) is 12.7. The number of aliphatic hydroxyl groups is 1. The van der Waals surface area contributed by atoms with E-state index in [0.29, 0.717) is 11.5 Å². The molecule has 0 bridgehead atoms. The van der Waals surface area contributed by atoms with Crippen molar-refractivity contribution in [2.45, 2.75) is 32.1 Å². The molecular weight excluding hydrogens is 258 g/mol. The molecule has 1 aromatic rings. The quantitative estimate of drug-likeness (QED) is 0.808. The largest absolute Gasteiger partial charge is 0.394 e. The number of rotatable bonds is 7. The molecule has 0 aliphatic rings. The van der Waals surface area contributed by atoms with Crippen LogP contribution in [0.1, 0.15) is 36.2 Å². The van der Waals surface area contributed by atoms with Crippen LogP contribution in [-0.2, 0) is 5.75 Å². The molecule has 1 atom stereocenters. The van der Waals surface area contributed by atoms with E-state index in [1.54, 1.807) is 11.8 Å². The van der Waals surface area contributed by atoms with Crippen molar-refractivity contribution in [2.24, 2.45) is 5.92 Å². The van der Waals surface area contributed by atoms with Crippen LogP contribution in [0.25, 0.3) is 0 Å². The molecule has 0 heterocycles. The van der Waals surface area contributed by atoms with Crippen molar-refractivity contribution in [2.75, 3.05) is 12.9 Å². The van der Waals surface area contributed by atoms with Crippen LogP contribution in [0.2, 0.25) is 0 Å². The maximum Gasteiger partial charge on any atom is 0.251 e. The molecule has 1 amide bonds. The number of nitrogens with one attached hydrogen (secondary N) is 1. The Hall–Kier alpha value is -1.00. The van der Waals surface area contributed by atoms with Gasteiger partial charge in [0.2, 0.25) is 0 Å². The lowest BCUT2D eigenvalue weighted by Crippen LogP contribution is -2.38. The van der Waals surface area contributed by atoms with Gasteiger partial charge in [0.05, 0.1) is 12.6 Å². The number of thioether (sulfide) groups is 1. The average Bonchev–Trinajstić information content (AvgIpc) is 2.38. The fourth-order valence-electron chi connectivity index (χ4n) is 1.94. The van der Waals surface area contributed by atoms with E-state index in [1.165, 1.54) is 5.56 Å². The third-order valence-corrected chi connectivity index (χ3v) is 3.46. The lowest BCUT2D eigenvalue weighted by atomic mass is 10.0. The molecule has 0 spiro atoms. The molecule has 2 N–H and O–H groups in total. The number of carbonyl (C=O) groups is 1. The lowest BCUT2D eigenvalue weighted by Gasteiger charge is -2.18. The molecule has 4 heteroatoms. The van der Waals surface area contributed by atoms with E-state index < -0.39 is 0 Å². The Balaban J connectivity index is 2.61. The lowest BCUT2D eigenvalue weighted by molar-refractivity contribution is 0.0908. The Morgan fingerprint density at radius 2 is 1.95 bits per heavy atom. The van der Waals surface area contributed by atoms with E-state index >= 15 is 0 Å². The Morgan fingerprint density at radius 1 is 1.32 bits per heavy atom. The van der Waals surface area contributed by atoms with Gasteiger partial charge in [-0.15, -0.1) is 0 Å². The summed E-state index contributed by atoms with van der Waals surface area (Å²) in [6.07, 6.45) is 2.84. The predicted molar refractivity (Wildman–Crippen MR) is 81.5 cm³/mol. The highest BCUT2D eigenvalue weighted by Crippen LogP contribution is 2.11. The number of benzene rings is 1. The van der Waals surface area contributed by atoms with Gasteiger partial charge in [-0.25, -0.2) is 0 Å². The molecule has 0 fully saturated rings. The van der Waals surface area contributed by atoms with Gasteiger partial charge in [0.15, 0.2) is 0 Å². The molecule has 1 rings (SSSR count). The van der Waals surface area contributed by atoms with Crippen molar-refractivity contribution >= 4 is 17.7 Å². The van der Waals surface area contributed by atoms with Crippen LogP contribution < -0.4 is 5.32 Å². The van der Waals surface area contributed by atoms with Crippen LogP contribution in [-0.4, -0.2) is 29.9 Å². The standard InChI is InChI=1S/C15H23NO2S/c1-11(2)8-14(9-17)16-15(18)13-6-4-12(5-7-13)10-19-3/h4-7,11,14,17H,8-10H2,1-3H3,(H,16,18). The summed E-state index contributed by atoms with van der Waals surface area (Å²) in [5.41, 5.74) is 1.86. The topological polar surface area (TPSA) is 49.3 Å². The first-order valence-corrected chi connectivity index (χ1v) is 7.95. The van der Waals surface area contributed by atoms with Crippen molar-refractivity contribution in [1.82, 2.24) is 5.32 Å². The summed E-state index contributed by atoms with van der Waals surface area (Å²) in [5, 5.41) is 12.1. The van der Waals surface area contributed by atoms with Crippen molar-refractivity contribution in [1.29, 1.82) is 0 Å². The smallest absolute Gasteiger partial charge is 0.251 e. The van der Waals surface area contributed by atoms with E-state index in [2.05, 4.69) is 25.4 Å². The van der Waals surface area contributed by atoms with Gasteiger partial charge in [0.25, 0.3) is 5.91 Å². The molecule has 19 heavy (non-hydrogen) atoms. The van der Waals surface area contributed by atoms with Crippen molar-refractivity contribution in [3.63, 3.8) is 0 Å².